The summed E-state index contributed by atoms with van der Waals surface area (Å²) in [5, 5.41) is 0. The van der Waals surface area contributed by atoms with Crippen molar-refractivity contribution >= 4 is 31.6 Å². The minimum absolute atomic E-state index is 0. The van der Waals surface area contributed by atoms with Crippen LogP contribution in [0.3, 0.4) is 0 Å². The Bertz CT molecular complexity index is 1770. The molecule has 1 aliphatic carbocycles. The van der Waals surface area contributed by atoms with E-state index in [1.54, 1.807) is 0 Å². The monoisotopic (exact) mass is 674 g/mol. The smallest absolute Gasteiger partial charge is 0.748 e. The van der Waals surface area contributed by atoms with E-state index >= 15 is 0 Å². The standard InChI is InChI=1S/C35H44N2O6S2.Na/c1-27(16-12-22-33-35(4,5)29-18-8-10-20-31(29)37(33)24-14-26-45(41,42)43)15-6-11-21-32-34(2,3)28-17-7-9-19-30(28)36(32)23-13-25-44(38,39)40;/h6-12,15-20,22,28,30H,13-14,23-26H2,1-5H3,(H-,38,39,40,41,42,43);/q;+1/p-1. The zero-order valence-corrected chi connectivity index (χ0v) is 31.3. The minimum atomic E-state index is -4.28. The fourth-order valence-electron chi connectivity index (χ4n) is 6.63. The number of hydrogen-bond donors (Lipinski definition) is 0. The molecule has 242 valence electrons. The van der Waals surface area contributed by atoms with Gasteiger partial charge in [0.05, 0.1) is 37.4 Å². The van der Waals surface area contributed by atoms with Crippen LogP contribution in [0.4, 0.5) is 5.69 Å². The Morgan fingerprint density at radius 3 is 2.33 bits per heavy atom. The molecule has 2 unspecified atom stereocenters. The molecule has 1 aromatic rings. The van der Waals surface area contributed by atoms with Crippen molar-refractivity contribution in [3.8, 4) is 0 Å². The average molecular weight is 675 g/mol. The fraction of sp³-hybridized carbons (Fsp3) is 0.429. The molecule has 1 fully saturated rings. The first kappa shape index (κ1) is 38.2. The van der Waals surface area contributed by atoms with Crippen LogP contribution in [0.25, 0.3) is 0 Å². The summed E-state index contributed by atoms with van der Waals surface area (Å²) in [6.45, 7) is 11.5. The van der Waals surface area contributed by atoms with Crippen LogP contribution in [0.5, 0.6) is 0 Å². The third-order valence-electron chi connectivity index (χ3n) is 8.85. The summed E-state index contributed by atoms with van der Waals surface area (Å²) in [6, 6.07) is 8.14. The maximum Gasteiger partial charge on any atom is 1.00 e. The van der Waals surface area contributed by atoms with Crippen LogP contribution in [0, 0.1) is 11.3 Å². The van der Waals surface area contributed by atoms with Crippen LogP contribution < -0.4 is 29.6 Å². The molecular weight excluding hydrogens is 632 g/mol. The summed E-state index contributed by atoms with van der Waals surface area (Å²) in [5.41, 5.74) is 8.12. The van der Waals surface area contributed by atoms with Crippen molar-refractivity contribution in [3.05, 3.63) is 108 Å². The number of hydrogen-bond acceptors (Lipinski definition) is 7. The van der Waals surface area contributed by atoms with Gasteiger partial charge in [0.15, 0.2) is 5.71 Å². The fourth-order valence-corrected chi connectivity index (χ4v) is 7.60. The van der Waals surface area contributed by atoms with Gasteiger partial charge in [-0.3, -0.25) is 0 Å². The Hall–Kier alpha value is -2.27. The van der Waals surface area contributed by atoms with Crippen molar-refractivity contribution in [3.63, 3.8) is 0 Å². The molecule has 0 bridgehead atoms. The molecule has 0 aromatic heterocycles. The Morgan fingerprint density at radius 2 is 1.63 bits per heavy atom. The van der Waals surface area contributed by atoms with Crippen LogP contribution in [0.1, 0.15) is 53.0 Å². The predicted molar refractivity (Wildman–Crippen MR) is 177 cm³/mol. The summed E-state index contributed by atoms with van der Waals surface area (Å²) in [5.74, 6) is -0.578. The van der Waals surface area contributed by atoms with E-state index in [4.69, 9.17) is 0 Å². The zero-order chi connectivity index (χ0) is 33.0. The van der Waals surface area contributed by atoms with Gasteiger partial charge in [-0.25, -0.2) is 16.8 Å². The van der Waals surface area contributed by atoms with Gasteiger partial charge in [-0.1, -0.05) is 92.0 Å². The van der Waals surface area contributed by atoms with Gasteiger partial charge in [-0.05, 0) is 33.3 Å². The number of fused-ring (bicyclic) bond motifs is 2. The number of nitrogens with zero attached hydrogens (tertiary/aromatic N) is 2. The molecule has 11 heteroatoms. The second kappa shape index (κ2) is 15.3. The molecule has 2 aliphatic heterocycles. The van der Waals surface area contributed by atoms with Gasteiger partial charge in [-0.2, -0.15) is 4.58 Å². The number of rotatable bonds is 12. The van der Waals surface area contributed by atoms with Crippen molar-refractivity contribution < 1.29 is 60.1 Å². The second-order valence-electron chi connectivity index (χ2n) is 12.9. The molecule has 0 N–H and O–H groups in total. The van der Waals surface area contributed by atoms with Crippen LogP contribution in [-0.4, -0.2) is 71.8 Å². The van der Waals surface area contributed by atoms with Crippen molar-refractivity contribution in [2.75, 3.05) is 24.6 Å². The number of allylic oxidation sites excluding steroid dienone is 9. The number of para-hydroxylation sites is 1. The van der Waals surface area contributed by atoms with E-state index in [0.29, 0.717) is 13.1 Å². The van der Waals surface area contributed by atoms with Gasteiger partial charge in [-0.15, -0.1) is 0 Å². The van der Waals surface area contributed by atoms with Crippen molar-refractivity contribution in [1.82, 2.24) is 4.90 Å². The maximum atomic E-state index is 11.2. The SMILES string of the molecule is CC(C=CC=C=C1N(CCCS(=O)(=O)[O-])C2C=CC=CC2C1(C)C)=CC=CC1=[N+](CCCS(=O)(=O)[O-])c2ccccc2C1(C)C.[Na+]. The van der Waals surface area contributed by atoms with Gasteiger partial charge in [0.1, 0.15) is 6.54 Å². The van der Waals surface area contributed by atoms with Gasteiger partial charge >= 0.3 is 29.6 Å². The molecule has 3 aliphatic rings. The molecule has 2 atom stereocenters. The van der Waals surface area contributed by atoms with Gasteiger partial charge < -0.3 is 14.0 Å². The Labute approximate surface area is 297 Å². The van der Waals surface area contributed by atoms with Crippen molar-refractivity contribution in [1.29, 1.82) is 0 Å². The third kappa shape index (κ3) is 9.20. The van der Waals surface area contributed by atoms with E-state index in [0.717, 1.165) is 28.2 Å². The van der Waals surface area contributed by atoms with E-state index in [9.17, 15) is 25.9 Å². The molecule has 0 amide bonds. The topological polar surface area (TPSA) is 121 Å². The molecular formula is C35H43N2NaO6S2. The molecule has 4 rings (SSSR count). The summed E-state index contributed by atoms with van der Waals surface area (Å²) >= 11 is 0. The zero-order valence-electron chi connectivity index (χ0n) is 27.6. The number of benzene rings is 1. The first-order valence-electron chi connectivity index (χ1n) is 15.2. The minimum Gasteiger partial charge on any atom is -0.748 e. The van der Waals surface area contributed by atoms with Gasteiger partial charge in [0.2, 0.25) is 5.69 Å². The van der Waals surface area contributed by atoms with E-state index in [1.807, 2.05) is 73.7 Å². The average Bonchev–Trinajstić information content (AvgIpc) is 3.29. The molecule has 2 heterocycles. The van der Waals surface area contributed by atoms with Crippen LogP contribution in [-0.2, 0) is 25.7 Å². The third-order valence-corrected chi connectivity index (χ3v) is 10.4. The van der Waals surface area contributed by atoms with Crippen molar-refractivity contribution in [2.45, 2.75) is 58.9 Å². The van der Waals surface area contributed by atoms with Crippen molar-refractivity contribution in [2.24, 2.45) is 11.3 Å². The summed E-state index contributed by atoms with van der Waals surface area (Å²) < 4.78 is 69.4. The molecule has 46 heavy (non-hydrogen) atoms. The molecule has 8 nitrogen and oxygen atoms in total. The summed E-state index contributed by atoms with van der Waals surface area (Å²) in [4.78, 5) is 2.17. The summed E-state index contributed by atoms with van der Waals surface area (Å²) in [7, 11) is -8.56. The number of likely N-dealkylation sites (tertiary alicyclic amines) is 1. The summed E-state index contributed by atoms with van der Waals surface area (Å²) in [6.07, 6.45) is 20.7. The van der Waals surface area contributed by atoms with Crippen LogP contribution in [0.2, 0.25) is 0 Å². The van der Waals surface area contributed by atoms with Gasteiger partial charge in [0, 0.05) is 53.5 Å². The second-order valence-corrected chi connectivity index (χ2v) is 15.9. The van der Waals surface area contributed by atoms with E-state index in [2.05, 4.69) is 61.1 Å². The molecule has 1 aromatic carbocycles. The quantitative estimate of drug-likeness (QED) is 0.110. The normalized spacial score (nSPS) is 21.9. The van der Waals surface area contributed by atoms with E-state index in [1.165, 1.54) is 0 Å². The Kier molecular flexibility index (Phi) is 12.7. The van der Waals surface area contributed by atoms with Crippen LogP contribution in [0.15, 0.2) is 102 Å². The molecule has 0 radical (unpaired) electrons. The largest absolute Gasteiger partial charge is 1.00 e. The predicted octanol–water partition coefficient (Wildman–Crippen LogP) is 2.49. The first-order chi connectivity index (χ1) is 21.0. The van der Waals surface area contributed by atoms with E-state index < -0.39 is 31.7 Å². The molecule has 1 saturated heterocycles. The van der Waals surface area contributed by atoms with Crippen LogP contribution >= 0.6 is 0 Å². The Morgan fingerprint density at radius 1 is 0.978 bits per heavy atom. The first-order valence-corrected chi connectivity index (χ1v) is 18.4. The molecule has 0 saturated carbocycles. The molecule has 0 spiro atoms. The van der Waals surface area contributed by atoms with E-state index in [-0.39, 0.29) is 65.2 Å². The Balaban J connectivity index is 0.00000576. The van der Waals surface area contributed by atoms with Gasteiger partial charge in [0.25, 0.3) is 0 Å². The maximum absolute atomic E-state index is 11.2.